The molecule has 0 aromatic heterocycles. The van der Waals surface area contributed by atoms with E-state index in [-0.39, 0.29) is 19.4 Å². The Labute approximate surface area is 327 Å². The predicted molar refractivity (Wildman–Crippen MR) is 217 cm³/mol. The van der Waals surface area contributed by atoms with Crippen LogP contribution in [0, 0.1) is 0 Å². The van der Waals surface area contributed by atoms with Gasteiger partial charge in [-0.15, -0.1) is 0 Å². The van der Waals surface area contributed by atoms with Gasteiger partial charge in [0.1, 0.15) is 12.6 Å². The Morgan fingerprint density at radius 1 is 0.593 bits per heavy atom. The summed E-state index contributed by atoms with van der Waals surface area (Å²) in [7, 11) is -4.72. The molecule has 0 amide bonds. The standard InChI is InChI=1S/C42H76NO10P/c1-3-5-7-9-11-13-15-17-19-21-23-25-27-29-31-33-40(44)50-35-38(36-51-54(48,49)52-37-39(43)42(46)47)53-41(45)34-32-30-28-26-24-22-20-18-16-14-12-10-8-6-4-2/h5,7,11,13,17,19,38-39H,3-4,6,8-10,12,14-16,18,20-37,43H2,1-2H3,(H,46,47)(H,48,49). The molecule has 3 atom stereocenters. The number of nitrogens with two attached hydrogens (primary N) is 1. The maximum absolute atomic E-state index is 12.6. The lowest BCUT2D eigenvalue weighted by atomic mass is 10.0. The number of rotatable bonds is 39. The number of hydrogen-bond acceptors (Lipinski definition) is 9. The van der Waals surface area contributed by atoms with Gasteiger partial charge in [-0.25, -0.2) is 4.57 Å². The monoisotopic (exact) mass is 786 g/mol. The Hall–Kier alpha value is -2.30. The van der Waals surface area contributed by atoms with Crippen molar-refractivity contribution in [2.75, 3.05) is 19.8 Å². The summed E-state index contributed by atoms with van der Waals surface area (Å²) in [6.07, 6.45) is 39.2. The Bertz CT molecular complexity index is 1060. The average Bonchev–Trinajstić information content (AvgIpc) is 3.14. The zero-order valence-electron chi connectivity index (χ0n) is 33.8. The molecule has 0 saturated heterocycles. The normalized spacial score (nSPS) is 14.1. The number of carboxylic acid groups (broad SMARTS) is 1. The van der Waals surface area contributed by atoms with Gasteiger partial charge in [0.2, 0.25) is 0 Å². The van der Waals surface area contributed by atoms with Gasteiger partial charge in [-0.2, -0.15) is 0 Å². The van der Waals surface area contributed by atoms with Gasteiger partial charge in [0.25, 0.3) is 0 Å². The third-order valence-corrected chi connectivity index (χ3v) is 9.85. The van der Waals surface area contributed by atoms with Crippen molar-refractivity contribution in [2.45, 2.75) is 193 Å². The van der Waals surface area contributed by atoms with Crippen molar-refractivity contribution < 1.29 is 47.5 Å². The van der Waals surface area contributed by atoms with Crippen molar-refractivity contribution in [3.05, 3.63) is 36.5 Å². The molecule has 3 unspecified atom stereocenters. The molecule has 0 heterocycles. The van der Waals surface area contributed by atoms with Gasteiger partial charge in [-0.3, -0.25) is 23.4 Å². The number of unbranched alkanes of at least 4 members (excludes halogenated alkanes) is 19. The summed E-state index contributed by atoms with van der Waals surface area (Å²) in [6.45, 7) is 2.68. The number of hydrogen-bond donors (Lipinski definition) is 3. The fourth-order valence-corrected chi connectivity index (χ4v) is 6.39. The quantitative estimate of drug-likeness (QED) is 0.0234. The van der Waals surface area contributed by atoms with Crippen LogP contribution < -0.4 is 5.73 Å². The summed E-state index contributed by atoms with van der Waals surface area (Å²) < 4.78 is 32.6. The molecular weight excluding hydrogens is 709 g/mol. The molecule has 54 heavy (non-hydrogen) atoms. The van der Waals surface area contributed by atoms with E-state index in [9.17, 15) is 23.8 Å². The molecule has 0 saturated carbocycles. The first-order valence-corrected chi connectivity index (χ1v) is 22.5. The van der Waals surface area contributed by atoms with E-state index in [2.05, 4.69) is 54.8 Å². The number of ether oxygens (including phenoxy) is 2. The molecular formula is C42H76NO10P. The molecule has 0 aromatic carbocycles. The van der Waals surface area contributed by atoms with Crippen molar-refractivity contribution in [3.63, 3.8) is 0 Å². The summed E-state index contributed by atoms with van der Waals surface area (Å²) in [5.41, 5.74) is 5.33. The van der Waals surface area contributed by atoms with E-state index < -0.39 is 51.1 Å². The van der Waals surface area contributed by atoms with Crippen molar-refractivity contribution in [2.24, 2.45) is 5.73 Å². The predicted octanol–water partition coefficient (Wildman–Crippen LogP) is 10.8. The highest BCUT2D eigenvalue weighted by atomic mass is 31.2. The highest BCUT2D eigenvalue weighted by Crippen LogP contribution is 2.43. The maximum Gasteiger partial charge on any atom is 0.472 e. The van der Waals surface area contributed by atoms with E-state index in [1.165, 1.54) is 70.6 Å². The van der Waals surface area contributed by atoms with Crippen LogP contribution >= 0.6 is 7.82 Å². The van der Waals surface area contributed by atoms with Gasteiger partial charge in [0, 0.05) is 12.8 Å². The topological polar surface area (TPSA) is 172 Å². The molecule has 0 aromatic rings. The number of aliphatic carboxylic acids is 1. The maximum atomic E-state index is 12.6. The smallest absolute Gasteiger partial charge is 0.472 e. The van der Waals surface area contributed by atoms with Crippen LogP contribution in [-0.2, 0) is 37.5 Å². The average molecular weight is 786 g/mol. The molecule has 314 valence electrons. The summed E-state index contributed by atoms with van der Waals surface area (Å²) in [5, 5.41) is 8.88. The molecule has 0 fully saturated rings. The molecule has 0 aliphatic rings. The van der Waals surface area contributed by atoms with Crippen LogP contribution in [0.2, 0.25) is 0 Å². The molecule has 4 N–H and O–H groups in total. The number of phosphoric ester groups is 1. The molecule has 0 radical (unpaired) electrons. The fraction of sp³-hybridized carbons (Fsp3) is 0.786. The van der Waals surface area contributed by atoms with Crippen molar-refractivity contribution >= 4 is 25.7 Å². The van der Waals surface area contributed by atoms with E-state index in [0.717, 1.165) is 70.6 Å². The molecule has 0 bridgehead atoms. The van der Waals surface area contributed by atoms with E-state index in [1.54, 1.807) is 0 Å². The highest BCUT2D eigenvalue weighted by Gasteiger charge is 2.28. The van der Waals surface area contributed by atoms with E-state index in [4.69, 9.17) is 24.8 Å². The zero-order chi connectivity index (χ0) is 40.0. The fourth-order valence-electron chi connectivity index (χ4n) is 5.61. The number of phosphoric acid groups is 1. The second-order valence-corrected chi connectivity index (χ2v) is 15.6. The van der Waals surface area contributed by atoms with Crippen LogP contribution in [0.1, 0.15) is 181 Å². The first-order chi connectivity index (χ1) is 26.1. The van der Waals surface area contributed by atoms with E-state index in [0.29, 0.717) is 12.8 Å². The van der Waals surface area contributed by atoms with Gasteiger partial charge < -0.3 is 25.2 Å². The van der Waals surface area contributed by atoms with Crippen LogP contribution in [0.3, 0.4) is 0 Å². The second-order valence-electron chi connectivity index (χ2n) is 14.1. The SMILES string of the molecule is CCC=CCC=CCC=CCCCCCCCC(=O)OCC(COP(=O)(O)OCC(N)C(=O)O)OC(=O)CCCCCCCCCCCCCCCCC. The third kappa shape index (κ3) is 36.7. The Balaban J connectivity index is 4.40. The van der Waals surface area contributed by atoms with Gasteiger partial charge >= 0.3 is 25.7 Å². The lowest BCUT2D eigenvalue weighted by Crippen LogP contribution is -2.34. The van der Waals surface area contributed by atoms with E-state index >= 15 is 0 Å². The summed E-state index contributed by atoms with van der Waals surface area (Å²) in [5.74, 6) is -2.40. The molecule has 11 nitrogen and oxygen atoms in total. The van der Waals surface area contributed by atoms with Gasteiger partial charge in [-0.1, -0.05) is 159 Å². The van der Waals surface area contributed by atoms with Crippen molar-refractivity contribution in [1.29, 1.82) is 0 Å². The first kappa shape index (κ1) is 51.7. The lowest BCUT2D eigenvalue weighted by Gasteiger charge is -2.20. The van der Waals surface area contributed by atoms with Crippen LogP contribution in [-0.4, -0.2) is 59.9 Å². The van der Waals surface area contributed by atoms with Crippen LogP contribution in [0.5, 0.6) is 0 Å². The second kappa shape index (κ2) is 37.6. The molecule has 12 heteroatoms. The first-order valence-electron chi connectivity index (χ1n) is 21.0. The number of carbonyl (C=O) groups is 3. The number of carbonyl (C=O) groups excluding carboxylic acids is 2. The van der Waals surface area contributed by atoms with Gasteiger partial charge in [0.05, 0.1) is 13.2 Å². The van der Waals surface area contributed by atoms with E-state index in [1.807, 2.05) is 0 Å². The summed E-state index contributed by atoms with van der Waals surface area (Å²) in [4.78, 5) is 45.9. The minimum atomic E-state index is -4.72. The van der Waals surface area contributed by atoms with Crippen molar-refractivity contribution in [3.8, 4) is 0 Å². The molecule has 0 aliphatic heterocycles. The Kier molecular flexibility index (Phi) is 36.0. The van der Waals surface area contributed by atoms with Crippen molar-refractivity contribution in [1.82, 2.24) is 0 Å². The largest absolute Gasteiger partial charge is 0.480 e. The zero-order valence-corrected chi connectivity index (χ0v) is 34.7. The highest BCUT2D eigenvalue weighted by molar-refractivity contribution is 7.47. The minimum Gasteiger partial charge on any atom is -0.480 e. The number of esters is 2. The number of allylic oxidation sites excluding steroid dienone is 6. The Morgan fingerprint density at radius 2 is 1.04 bits per heavy atom. The minimum absolute atomic E-state index is 0.160. The lowest BCUT2D eigenvalue weighted by molar-refractivity contribution is -0.161. The summed E-state index contributed by atoms with van der Waals surface area (Å²) >= 11 is 0. The molecule has 0 spiro atoms. The molecule has 0 aliphatic carbocycles. The number of carboxylic acids is 1. The van der Waals surface area contributed by atoms with Gasteiger partial charge in [-0.05, 0) is 44.9 Å². The third-order valence-electron chi connectivity index (χ3n) is 8.90. The Morgan fingerprint density at radius 3 is 1.56 bits per heavy atom. The molecule has 0 rings (SSSR count). The van der Waals surface area contributed by atoms with Crippen LogP contribution in [0.15, 0.2) is 36.5 Å². The summed E-state index contributed by atoms with van der Waals surface area (Å²) in [6, 6.07) is -1.52. The van der Waals surface area contributed by atoms with Crippen LogP contribution in [0.4, 0.5) is 0 Å². The van der Waals surface area contributed by atoms with Crippen LogP contribution in [0.25, 0.3) is 0 Å². The van der Waals surface area contributed by atoms with Gasteiger partial charge in [0.15, 0.2) is 6.10 Å².